The van der Waals surface area contributed by atoms with E-state index in [0.29, 0.717) is 6.54 Å². The third kappa shape index (κ3) is 2.97. The number of rotatable bonds is 5. The van der Waals surface area contributed by atoms with Gasteiger partial charge in [0, 0.05) is 13.0 Å². The number of carbonyl (C=O) groups excluding carboxylic acids is 2. The van der Waals surface area contributed by atoms with Crippen LogP contribution in [0.5, 0.6) is 0 Å². The van der Waals surface area contributed by atoms with E-state index in [0.717, 1.165) is 6.42 Å². The van der Waals surface area contributed by atoms with Crippen molar-refractivity contribution in [2.24, 2.45) is 11.8 Å². The van der Waals surface area contributed by atoms with E-state index in [9.17, 15) is 14.7 Å². The number of hydrogen-bond acceptors (Lipinski definition) is 4. The molecule has 1 N–H and O–H groups in total. The Bertz CT molecular complexity index is 292. The van der Waals surface area contributed by atoms with Crippen molar-refractivity contribution in [3.8, 4) is 0 Å². The van der Waals surface area contributed by atoms with Gasteiger partial charge in [-0.3, -0.25) is 9.59 Å². The normalized spacial score (nSPS) is 23.6. The van der Waals surface area contributed by atoms with E-state index in [1.807, 2.05) is 13.8 Å². The molecule has 5 heteroatoms. The molecule has 1 rings (SSSR count). The number of amides is 1. The molecule has 0 aliphatic carbocycles. The molecule has 1 amide bonds. The summed E-state index contributed by atoms with van der Waals surface area (Å²) in [5.74, 6) is -0.576. The van der Waals surface area contributed by atoms with Crippen LogP contribution in [0.25, 0.3) is 0 Å². The van der Waals surface area contributed by atoms with Crippen molar-refractivity contribution in [3.05, 3.63) is 0 Å². The van der Waals surface area contributed by atoms with E-state index in [1.54, 1.807) is 4.90 Å². The van der Waals surface area contributed by atoms with Crippen molar-refractivity contribution in [1.29, 1.82) is 0 Å². The zero-order valence-electron chi connectivity index (χ0n) is 10.7. The van der Waals surface area contributed by atoms with Gasteiger partial charge in [0.05, 0.1) is 25.7 Å². The van der Waals surface area contributed by atoms with Gasteiger partial charge < -0.3 is 14.7 Å². The Morgan fingerprint density at radius 2 is 2.29 bits per heavy atom. The van der Waals surface area contributed by atoms with E-state index in [2.05, 4.69) is 4.74 Å². The van der Waals surface area contributed by atoms with Gasteiger partial charge in [-0.15, -0.1) is 0 Å². The zero-order chi connectivity index (χ0) is 13.0. The summed E-state index contributed by atoms with van der Waals surface area (Å²) in [5, 5.41) is 9.38. The summed E-state index contributed by atoms with van der Waals surface area (Å²) in [7, 11) is 1.33. The molecule has 17 heavy (non-hydrogen) atoms. The van der Waals surface area contributed by atoms with E-state index in [1.165, 1.54) is 7.11 Å². The average molecular weight is 243 g/mol. The van der Waals surface area contributed by atoms with E-state index < -0.39 is 0 Å². The van der Waals surface area contributed by atoms with Crippen molar-refractivity contribution in [2.75, 3.05) is 20.3 Å². The van der Waals surface area contributed by atoms with E-state index >= 15 is 0 Å². The number of likely N-dealkylation sites (tertiary alicyclic amines) is 1. The highest BCUT2D eigenvalue weighted by Gasteiger charge is 2.39. The lowest BCUT2D eigenvalue weighted by atomic mass is 9.98. The highest BCUT2D eigenvalue weighted by atomic mass is 16.5. The summed E-state index contributed by atoms with van der Waals surface area (Å²) in [6, 6.07) is -0.192. The zero-order valence-corrected chi connectivity index (χ0v) is 10.7. The van der Waals surface area contributed by atoms with Gasteiger partial charge in [-0.25, -0.2) is 0 Å². The molecule has 0 aromatic carbocycles. The molecule has 1 unspecified atom stereocenters. The SMILES string of the molecule is CC[C@H](C)[C@@H](CO)N1CC(C(=O)OC)CC1=O. The standard InChI is InChI=1S/C12H21NO4/c1-4-8(2)10(7-14)13-6-9(5-11(13)15)12(16)17-3/h8-10,14H,4-7H2,1-3H3/t8-,9?,10+/m0/s1. The van der Waals surface area contributed by atoms with Gasteiger partial charge in [0.1, 0.15) is 0 Å². The topological polar surface area (TPSA) is 66.8 Å². The van der Waals surface area contributed by atoms with Crippen molar-refractivity contribution in [1.82, 2.24) is 4.90 Å². The summed E-state index contributed by atoms with van der Waals surface area (Å²) >= 11 is 0. The first kappa shape index (κ1) is 14.0. The third-order valence-electron chi connectivity index (χ3n) is 3.58. The molecular formula is C12H21NO4. The molecule has 1 heterocycles. The number of methoxy groups -OCH3 is 1. The Kier molecular flexibility index (Phi) is 4.93. The molecule has 1 saturated heterocycles. The van der Waals surface area contributed by atoms with Gasteiger partial charge in [-0.05, 0) is 5.92 Å². The fourth-order valence-electron chi connectivity index (χ4n) is 2.23. The van der Waals surface area contributed by atoms with Gasteiger partial charge >= 0.3 is 5.97 Å². The molecule has 5 nitrogen and oxygen atoms in total. The van der Waals surface area contributed by atoms with Crippen molar-refractivity contribution in [3.63, 3.8) is 0 Å². The predicted octanol–water partition coefficient (Wildman–Crippen LogP) is 0.415. The Labute approximate surface area is 102 Å². The maximum Gasteiger partial charge on any atom is 0.310 e. The lowest BCUT2D eigenvalue weighted by molar-refractivity contribution is -0.145. The third-order valence-corrected chi connectivity index (χ3v) is 3.58. The molecule has 3 atom stereocenters. The number of esters is 1. The molecule has 1 aliphatic heterocycles. The number of hydrogen-bond donors (Lipinski definition) is 1. The number of aliphatic hydroxyl groups excluding tert-OH is 1. The second-order valence-electron chi connectivity index (χ2n) is 4.61. The Balaban J connectivity index is 2.72. The first-order chi connectivity index (χ1) is 8.04. The van der Waals surface area contributed by atoms with Crippen LogP contribution in [-0.4, -0.2) is 48.2 Å². The molecule has 0 spiro atoms. The van der Waals surface area contributed by atoms with Crippen molar-refractivity contribution >= 4 is 11.9 Å². The maximum atomic E-state index is 11.8. The summed E-state index contributed by atoms with van der Waals surface area (Å²) in [4.78, 5) is 24.8. The number of ether oxygens (including phenoxy) is 1. The second-order valence-corrected chi connectivity index (χ2v) is 4.61. The Hall–Kier alpha value is -1.10. The van der Waals surface area contributed by atoms with Gasteiger partial charge in [-0.1, -0.05) is 20.3 Å². The van der Waals surface area contributed by atoms with Crippen molar-refractivity contribution in [2.45, 2.75) is 32.7 Å². The Morgan fingerprint density at radius 1 is 1.65 bits per heavy atom. The number of carbonyl (C=O) groups is 2. The molecule has 98 valence electrons. The highest BCUT2D eigenvalue weighted by Crippen LogP contribution is 2.25. The summed E-state index contributed by atoms with van der Waals surface area (Å²) < 4.78 is 4.65. The van der Waals surface area contributed by atoms with Crippen LogP contribution in [0, 0.1) is 11.8 Å². The van der Waals surface area contributed by atoms with Crippen LogP contribution in [0.1, 0.15) is 26.7 Å². The first-order valence-electron chi connectivity index (χ1n) is 6.03. The van der Waals surface area contributed by atoms with Crippen LogP contribution >= 0.6 is 0 Å². The van der Waals surface area contributed by atoms with E-state index in [-0.39, 0.29) is 42.8 Å². The summed E-state index contributed by atoms with van der Waals surface area (Å²) in [5.41, 5.74) is 0. The highest BCUT2D eigenvalue weighted by molar-refractivity contribution is 5.87. The average Bonchev–Trinajstić information content (AvgIpc) is 2.71. The molecular weight excluding hydrogens is 222 g/mol. The van der Waals surface area contributed by atoms with Crippen LogP contribution in [0.3, 0.4) is 0 Å². The second kappa shape index (κ2) is 6.00. The molecule has 0 aromatic rings. The van der Waals surface area contributed by atoms with Crippen LogP contribution in [0.15, 0.2) is 0 Å². The quantitative estimate of drug-likeness (QED) is 0.710. The lowest BCUT2D eigenvalue weighted by Gasteiger charge is -2.30. The smallest absolute Gasteiger partial charge is 0.310 e. The van der Waals surface area contributed by atoms with Crippen LogP contribution in [0.2, 0.25) is 0 Å². The van der Waals surface area contributed by atoms with Crippen LogP contribution in [-0.2, 0) is 14.3 Å². The fourth-order valence-corrected chi connectivity index (χ4v) is 2.23. The maximum absolute atomic E-state index is 11.8. The van der Waals surface area contributed by atoms with E-state index in [4.69, 9.17) is 0 Å². The van der Waals surface area contributed by atoms with Crippen LogP contribution in [0.4, 0.5) is 0 Å². The minimum absolute atomic E-state index is 0.0609. The minimum atomic E-state index is -0.384. The Morgan fingerprint density at radius 3 is 2.76 bits per heavy atom. The molecule has 0 aromatic heterocycles. The molecule has 0 radical (unpaired) electrons. The predicted molar refractivity (Wildman–Crippen MR) is 62.2 cm³/mol. The number of nitrogens with zero attached hydrogens (tertiary/aromatic N) is 1. The summed E-state index contributed by atoms with van der Waals surface area (Å²) in [6.45, 7) is 4.32. The lowest BCUT2D eigenvalue weighted by Crippen LogP contribution is -2.43. The molecule has 0 saturated carbocycles. The molecule has 0 bridgehead atoms. The number of aliphatic hydroxyl groups is 1. The van der Waals surface area contributed by atoms with Crippen molar-refractivity contribution < 1.29 is 19.4 Å². The molecule has 1 fully saturated rings. The summed E-state index contributed by atoms with van der Waals surface area (Å²) in [6.07, 6.45) is 1.08. The van der Waals surface area contributed by atoms with Gasteiger partial charge in [0.15, 0.2) is 0 Å². The minimum Gasteiger partial charge on any atom is -0.469 e. The largest absolute Gasteiger partial charge is 0.469 e. The van der Waals surface area contributed by atoms with Crippen LogP contribution < -0.4 is 0 Å². The monoisotopic (exact) mass is 243 g/mol. The van der Waals surface area contributed by atoms with Gasteiger partial charge in [0.2, 0.25) is 5.91 Å². The van der Waals surface area contributed by atoms with Gasteiger partial charge in [0.25, 0.3) is 0 Å². The first-order valence-corrected chi connectivity index (χ1v) is 6.03. The molecule has 1 aliphatic rings. The van der Waals surface area contributed by atoms with Gasteiger partial charge in [-0.2, -0.15) is 0 Å². The fraction of sp³-hybridized carbons (Fsp3) is 0.833.